The van der Waals surface area contributed by atoms with Crippen LogP contribution in [0.1, 0.15) is 32.1 Å². The summed E-state index contributed by atoms with van der Waals surface area (Å²) in [6, 6.07) is 21.0. The number of carbonyl (C=O) groups excluding carboxylic acids is 2. The SMILES string of the molecule is COc1ccc(-c2cc(C(F)(F)F)n3nc(C(=O)Nc4ccc(Cl)cc4C(=O)c4ccccc4)cc3n2)cc1. The van der Waals surface area contributed by atoms with Crippen molar-refractivity contribution in [1.82, 2.24) is 14.6 Å². The summed E-state index contributed by atoms with van der Waals surface area (Å²) >= 11 is 6.10. The molecule has 0 fully saturated rings. The normalized spacial score (nSPS) is 11.4. The van der Waals surface area contributed by atoms with Crippen LogP contribution in [0.2, 0.25) is 5.02 Å². The van der Waals surface area contributed by atoms with Crippen molar-refractivity contribution in [3.05, 3.63) is 112 Å². The number of hydrogen-bond acceptors (Lipinski definition) is 5. The number of ketones is 1. The summed E-state index contributed by atoms with van der Waals surface area (Å²) in [7, 11) is 1.48. The van der Waals surface area contributed by atoms with E-state index in [2.05, 4.69) is 15.4 Å². The van der Waals surface area contributed by atoms with Gasteiger partial charge in [0.1, 0.15) is 5.75 Å². The Bertz CT molecular complexity index is 1700. The van der Waals surface area contributed by atoms with Crippen molar-refractivity contribution in [3.63, 3.8) is 0 Å². The van der Waals surface area contributed by atoms with E-state index in [1.165, 1.54) is 25.3 Å². The minimum atomic E-state index is -4.78. The molecule has 0 radical (unpaired) electrons. The second kappa shape index (κ2) is 10.2. The fourth-order valence-corrected chi connectivity index (χ4v) is 4.11. The van der Waals surface area contributed by atoms with E-state index in [0.29, 0.717) is 21.4 Å². The highest BCUT2D eigenvalue weighted by molar-refractivity contribution is 6.31. The first kappa shape index (κ1) is 25.9. The molecule has 1 N–H and O–H groups in total. The van der Waals surface area contributed by atoms with Gasteiger partial charge in [0.05, 0.1) is 18.5 Å². The van der Waals surface area contributed by atoms with Gasteiger partial charge in [0.25, 0.3) is 5.91 Å². The number of carbonyl (C=O) groups is 2. The molecule has 5 rings (SSSR count). The van der Waals surface area contributed by atoms with Gasteiger partial charge in [-0.25, -0.2) is 9.50 Å². The van der Waals surface area contributed by atoms with Crippen molar-refractivity contribution < 1.29 is 27.5 Å². The topological polar surface area (TPSA) is 85.6 Å². The van der Waals surface area contributed by atoms with Crippen molar-refractivity contribution in [1.29, 1.82) is 0 Å². The van der Waals surface area contributed by atoms with Crippen LogP contribution >= 0.6 is 11.6 Å². The summed E-state index contributed by atoms with van der Waals surface area (Å²) in [5.41, 5.74) is -0.554. The van der Waals surface area contributed by atoms with Crippen molar-refractivity contribution in [2.45, 2.75) is 6.18 Å². The third kappa shape index (κ3) is 5.32. The van der Waals surface area contributed by atoms with Crippen LogP contribution in [0.15, 0.2) is 84.9 Å². The Morgan fingerprint density at radius 2 is 1.67 bits per heavy atom. The van der Waals surface area contributed by atoms with Crippen LogP contribution < -0.4 is 10.1 Å². The summed E-state index contributed by atoms with van der Waals surface area (Å²) in [6.45, 7) is 0. The average molecular weight is 551 g/mol. The number of nitrogens with zero attached hydrogens (tertiary/aromatic N) is 3. The summed E-state index contributed by atoms with van der Waals surface area (Å²) in [5.74, 6) is -0.691. The monoisotopic (exact) mass is 550 g/mol. The molecule has 0 unspecified atom stereocenters. The van der Waals surface area contributed by atoms with E-state index in [4.69, 9.17) is 16.3 Å². The molecule has 0 atom stereocenters. The van der Waals surface area contributed by atoms with Crippen LogP contribution in [0.5, 0.6) is 5.75 Å². The number of nitrogens with one attached hydrogen (secondary N) is 1. The summed E-state index contributed by atoms with van der Waals surface area (Å²) in [4.78, 5) is 30.5. The highest BCUT2D eigenvalue weighted by atomic mass is 35.5. The maximum atomic E-state index is 14.0. The van der Waals surface area contributed by atoms with Crippen molar-refractivity contribution in [3.8, 4) is 17.0 Å². The molecule has 0 bridgehead atoms. The number of hydrogen-bond donors (Lipinski definition) is 1. The van der Waals surface area contributed by atoms with Gasteiger partial charge in [-0.2, -0.15) is 18.3 Å². The maximum Gasteiger partial charge on any atom is 0.433 e. The van der Waals surface area contributed by atoms with E-state index >= 15 is 0 Å². The standard InChI is InChI=1S/C28H18ClF3N4O3/c1-39-19-10-7-16(8-11-19)22-14-24(28(30,31)32)36-25(33-22)15-23(35-36)27(38)34-21-12-9-18(29)13-20(21)26(37)17-5-3-2-4-6-17/h2-15H,1H3,(H,34,38). The lowest BCUT2D eigenvalue weighted by atomic mass is 10.0. The molecule has 0 aliphatic heterocycles. The van der Waals surface area contributed by atoms with Crippen LogP contribution in [-0.2, 0) is 6.18 Å². The van der Waals surface area contributed by atoms with Crippen LogP contribution in [-0.4, -0.2) is 33.4 Å². The molecule has 5 aromatic rings. The molecular weight excluding hydrogens is 533 g/mol. The number of fused-ring (bicyclic) bond motifs is 1. The number of halogens is 4. The van der Waals surface area contributed by atoms with Crippen LogP contribution in [0.3, 0.4) is 0 Å². The molecule has 2 heterocycles. The number of benzene rings is 3. The van der Waals surface area contributed by atoms with Gasteiger partial charge in [-0.3, -0.25) is 9.59 Å². The Labute approximate surface area is 224 Å². The van der Waals surface area contributed by atoms with Crippen LogP contribution in [0, 0.1) is 0 Å². The average Bonchev–Trinajstić information content (AvgIpc) is 3.37. The molecule has 39 heavy (non-hydrogen) atoms. The first-order valence-corrected chi connectivity index (χ1v) is 11.8. The van der Waals surface area contributed by atoms with Gasteiger partial charge in [-0.1, -0.05) is 41.9 Å². The van der Waals surface area contributed by atoms with E-state index in [1.807, 2.05) is 0 Å². The second-order valence-electron chi connectivity index (χ2n) is 8.39. The Hall–Kier alpha value is -4.70. The number of anilines is 1. The molecule has 0 aliphatic rings. The van der Waals surface area contributed by atoms with Crippen LogP contribution in [0.4, 0.5) is 18.9 Å². The van der Waals surface area contributed by atoms with Gasteiger partial charge in [-0.15, -0.1) is 0 Å². The lowest BCUT2D eigenvalue weighted by molar-refractivity contribution is -0.142. The quantitative estimate of drug-likeness (QED) is 0.242. The molecule has 0 spiro atoms. The molecule has 7 nitrogen and oxygen atoms in total. The number of rotatable bonds is 6. The largest absolute Gasteiger partial charge is 0.497 e. The van der Waals surface area contributed by atoms with E-state index < -0.39 is 23.6 Å². The fraction of sp³-hybridized carbons (Fsp3) is 0.0714. The number of aromatic nitrogens is 3. The van der Waals surface area contributed by atoms with E-state index in [-0.39, 0.29) is 33.3 Å². The first-order valence-electron chi connectivity index (χ1n) is 11.5. The molecule has 196 valence electrons. The second-order valence-corrected chi connectivity index (χ2v) is 8.83. The molecule has 11 heteroatoms. The maximum absolute atomic E-state index is 14.0. The molecule has 0 aliphatic carbocycles. The van der Waals surface area contributed by atoms with Crippen molar-refractivity contribution in [2.75, 3.05) is 12.4 Å². The Morgan fingerprint density at radius 1 is 0.949 bits per heavy atom. The molecule has 0 saturated carbocycles. The minimum absolute atomic E-state index is 0.0396. The number of amides is 1. The molecule has 1 amide bonds. The fourth-order valence-electron chi connectivity index (χ4n) is 3.94. The third-order valence-electron chi connectivity index (χ3n) is 5.85. The zero-order valence-corrected chi connectivity index (χ0v) is 20.9. The summed E-state index contributed by atoms with van der Waals surface area (Å²) in [5, 5.41) is 6.71. The highest BCUT2D eigenvalue weighted by Crippen LogP contribution is 2.33. The predicted octanol–water partition coefficient (Wildman–Crippen LogP) is 6.56. The predicted molar refractivity (Wildman–Crippen MR) is 139 cm³/mol. The zero-order valence-electron chi connectivity index (χ0n) is 20.2. The van der Waals surface area contributed by atoms with Gasteiger partial charge < -0.3 is 10.1 Å². The summed E-state index contributed by atoms with van der Waals surface area (Å²) < 4.78 is 47.6. The van der Waals surface area contributed by atoms with Gasteiger partial charge in [0, 0.05) is 27.8 Å². The first-order chi connectivity index (χ1) is 18.6. The number of ether oxygens (including phenoxy) is 1. The van der Waals surface area contributed by atoms with Gasteiger partial charge >= 0.3 is 6.18 Å². The molecule has 3 aromatic carbocycles. The Kier molecular flexibility index (Phi) is 6.80. The smallest absolute Gasteiger partial charge is 0.433 e. The molecular formula is C28H18ClF3N4O3. The van der Waals surface area contributed by atoms with Gasteiger partial charge in [0.2, 0.25) is 0 Å². The molecule has 2 aromatic heterocycles. The zero-order chi connectivity index (χ0) is 27.7. The lowest BCUT2D eigenvalue weighted by Crippen LogP contribution is -2.17. The van der Waals surface area contributed by atoms with Crippen molar-refractivity contribution in [2.24, 2.45) is 0 Å². The number of alkyl halides is 3. The highest BCUT2D eigenvalue weighted by Gasteiger charge is 2.35. The molecule has 0 saturated heterocycles. The Morgan fingerprint density at radius 3 is 2.33 bits per heavy atom. The third-order valence-corrected chi connectivity index (χ3v) is 6.08. The minimum Gasteiger partial charge on any atom is -0.497 e. The number of methoxy groups -OCH3 is 1. The van der Waals surface area contributed by atoms with Crippen LogP contribution in [0.25, 0.3) is 16.9 Å². The van der Waals surface area contributed by atoms with E-state index in [1.54, 1.807) is 54.6 Å². The van der Waals surface area contributed by atoms with Gasteiger partial charge in [-0.05, 0) is 48.5 Å². The Balaban J connectivity index is 1.53. The van der Waals surface area contributed by atoms with E-state index in [0.717, 1.165) is 12.1 Å². The van der Waals surface area contributed by atoms with Gasteiger partial charge in [0.15, 0.2) is 22.8 Å². The lowest BCUT2D eigenvalue weighted by Gasteiger charge is -2.11. The van der Waals surface area contributed by atoms with E-state index in [9.17, 15) is 22.8 Å². The summed E-state index contributed by atoms with van der Waals surface area (Å²) in [6.07, 6.45) is -4.78. The van der Waals surface area contributed by atoms with Crippen molar-refractivity contribution >= 4 is 34.6 Å².